The quantitative estimate of drug-likeness (QED) is 0.663. The number of amides is 1. The van der Waals surface area contributed by atoms with Gasteiger partial charge < -0.3 is 5.32 Å². The van der Waals surface area contributed by atoms with E-state index in [4.69, 9.17) is 0 Å². The highest BCUT2D eigenvalue weighted by Crippen LogP contribution is 2.18. The molecule has 1 N–H and O–H groups in total. The predicted molar refractivity (Wildman–Crippen MR) is 52.4 cm³/mol. The van der Waals surface area contributed by atoms with Crippen LogP contribution in [0.3, 0.4) is 0 Å². The van der Waals surface area contributed by atoms with E-state index in [2.05, 4.69) is 12.2 Å². The lowest BCUT2D eigenvalue weighted by Crippen LogP contribution is -2.27. The maximum atomic E-state index is 11.7. The first-order chi connectivity index (χ1) is 6.95. The van der Waals surface area contributed by atoms with E-state index in [1.54, 1.807) is 0 Å². The number of carbonyl (C=O) groups excluding carboxylic acids is 1. The summed E-state index contributed by atoms with van der Waals surface area (Å²) in [5.74, 6) is -0.282. The lowest BCUT2D eigenvalue weighted by atomic mass is 10.1. The molecular formula is C10H18F3NO. The van der Waals surface area contributed by atoms with Gasteiger partial charge in [0.15, 0.2) is 0 Å². The van der Waals surface area contributed by atoms with Crippen LogP contribution in [0.15, 0.2) is 0 Å². The standard InChI is InChI=1S/C10H18F3NO/c1-2-3-4-5-6-9(15)14-8-7-10(11,12)13/h2-8H2,1H3,(H,14,15). The number of nitrogens with one attached hydrogen (secondary N) is 1. The molecule has 0 radical (unpaired) electrons. The van der Waals surface area contributed by atoms with Gasteiger partial charge in [-0.05, 0) is 6.42 Å². The molecule has 0 spiro atoms. The molecule has 15 heavy (non-hydrogen) atoms. The smallest absolute Gasteiger partial charge is 0.356 e. The lowest BCUT2D eigenvalue weighted by molar-refractivity contribution is -0.135. The molecule has 0 aromatic carbocycles. The molecule has 0 aromatic rings. The van der Waals surface area contributed by atoms with Crippen molar-refractivity contribution in [2.24, 2.45) is 0 Å². The number of alkyl halides is 3. The summed E-state index contributed by atoms with van der Waals surface area (Å²) in [5, 5.41) is 2.26. The van der Waals surface area contributed by atoms with Crippen molar-refractivity contribution in [1.29, 1.82) is 0 Å². The molecule has 0 atom stereocenters. The van der Waals surface area contributed by atoms with Gasteiger partial charge in [-0.25, -0.2) is 0 Å². The first-order valence-electron chi connectivity index (χ1n) is 5.29. The zero-order valence-corrected chi connectivity index (χ0v) is 8.99. The maximum absolute atomic E-state index is 11.7. The van der Waals surface area contributed by atoms with Crippen LogP contribution in [0.1, 0.15) is 45.4 Å². The van der Waals surface area contributed by atoms with Crippen LogP contribution < -0.4 is 5.32 Å². The number of carbonyl (C=O) groups is 1. The minimum Gasteiger partial charge on any atom is -0.356 e. The monoisotopic (exact) mass is 225 g/mol. The van der Waals surface area contributed by atoms with Gasteiger partial charge in [-0.1, -0.05) is 26.2 Å². The second-order valence-electron chi connectivity index (χ2n) is 3.53. The van der Waals surface area contributed by atoms with Gasteiger partial charge in [0, 0.05) is 13.0 Å². The molecule has 0 heterocycles. The summed E-state index contributed by atoms with van der Waals surface area (Å²) in [4.78, 5) is 11.0. The molecule has 2 nitrogen and oxygen atoms in total. The lowest BCUT2D eigenvalue weighted by Gasteiger charge is -2.07. The molecule has 5 heteroatoms. The Morgan fingerprint density at radius 1 is 1.20 bits per heavy atom. The third-order valence-electron chi connectivity index (χ3n) is 1.99. The Balaban J connectivity index is 3.34. The van der Waals surface area contributed by atoms with E-state index in [1.165, 1.54) is 0 Å². The molecule has 0 saturated carbocycles. The molecule has 0 bridgehead atoms. The van der Waals surface area contributed by atoms with Crippen LogP contribution in [0, 0.1) is 0 Å². The van der Waals surface area contributed by atoms with Crippen LogP contribution in [0.5, 0.6) is 0 Å². The first kappa shape index (κ1) is 14.3. The fourth-order valence-electron chi connectivity index (χ4n) is 1.14. The summed E-state index contributed by atoms with van der Waals surface area (Å²) >= 11 is 0. The minimum absolute atomic E-state index is 0.282. The summed E-state index contributed by atoms with van der Waals surface area (Å²) in [6.45, 7) is 1.75. The number of unbranched alkanes of at least 4 members (excludes halogenated alkanes) is 3. The van der Waals surface area contributed by atoms with Crippen molar-refractivity contribution < 1.29 is 18.0 Å². The molecule has 0 aliphatic heterocycles. The topological polar surface area (TPSA) is 29.1 Å². The molecule has 0 aliphatic carbocycles. The highest BCUT2D eigenvalue weighted by atomic mass is 19.4. The van der Waals surface area contributed by atoms with Crippen molar-refractivity contribution in [1.82, 2.24) is 5.32 Å². The van der Waals surface area contributed by atoms with Gasteiger partial charge in [0.2, 0.25) is 5.91 Å². The Bertz CT molecular complexity index is 180. The zero-order chi connectivity index (χ0) is 11.7. The highest BCUT2D eigenvalue weighted by Gasteiger charge is 2.26. The Morgan fingerprint density at radius 3 is 2.40 bits per heavy atom. The number of hydrogen-bond donors (Lipinski definition) is 1. The average Bonchev–Trinajstić information content (AvgIpc) is 2.10. The Kier molecular flexibility index (Phi) is 7.17. The normalized spacial score (nSPS) is 11.5. The van der Waals surface area contributed by atoms with Crippen molar-refractivity contribution in [2.75, 3.05) is 6.54 Å². The molecule has 0 aliphatic rings. The zero-order valence-electron chi connectivity index (χ0n) is 8.99. The summed E-state index contributed by atoms with van der Waals surface area (Å²) in [6.07, 6.45) is -0.943. The van der Waals surface area contributed by atoms with Crippen molar-refractivity contribution in [2.45, 2.75) is 51.6 Å². The van der Waals surface area contributed by atoms with Crippen LogP contribution in [-0.2, 0) is 4.79 Å². The van der Waals surface area contributed by atoms with Crippen molar-refractivity contribution in [3.8, 4) is 0 Å². The summed E-state index contributed by atoms with van der Waals surface area (Å²) in [6, 6.07) is 0. The minimum atomic E-state index is -4.19. The van der Waals surface area contributed by atoms with E-state index >= 15 is 0 Å². The molecule has 0 fully saturated rings. The molecular weight excluding hydrogens is 207 g/mol. The molecule has 90 valence electrons. The van der Waals surface area contributed by atoms with E-state index in [0.717, 1.165) is 25.7 Å². The summed E-state index contributed by atoms with van der Waals surface area (Å²) in [7, 11) is 0. The Labute approximate surface area is 88.2 Å². The van der Waals surface area contributed by atoms with E-state index in [-0.39, 0.29) is 12.5 Å². The van der Waals surface area contributed by atoms with Gasteiger partial charge in [-0.3, -0.25) is 4.79 Å². The van der Waals surface area contributed by atoms with Crippen LogP contribution >= 0.6 is 0 Å². The van der Waals surface area contributed by atoms with Crippen molar-refractivity contribution in [3.05, 3.63) is 0 Å². The van der Waals surface area contributed by atoms with E-state index in [0.29, 0.717) is 6.42 Å². The van der Waals surface area contributed by atoms with E-state index in [1.807, 2.05) is 0 Å². The Morgan fingerprint density at radius 2 is 1.87 bits per heavy atom. The number of hydrogen-bond acceptors (Lipinski definition) is 1. The van der Waals surface area contributed by atoms with Crippen LogP contribution in [-0.4, -0.2) is 18.6 Å². The van der Waals surface area contributed by atoms with Gasteiger partial charge in [0.25, 0.3) is 0 Å². The van der Waals surface area contributed by atoms with Gasteiger partial charge in [0.1, 0.15) is 0 Å². The largest absolute Gasteiger partial charge is 0.390 e. The highest BCUT2D eigenvalue weighted by molar-refractivity contribution is 5.75. The fourth-order valence-corrected chi connectivity index (χ4v) is 1.14. The number of halogens is 3. The van der Waals surface area contributed by atoms with Gasteiger partial charge in [-0.2, -0.15) is 13.2 Å². The predicted octanol–water partition coefficient (Wildman–Crippen LogP) is 3.03. The van der Waals surface area contributed by atoms with Gasteiger partial charge >= 0.3 is 6.18 Å². The molecule has 1 amide bonds. The second kappa shape index (κ2) is 7.54. The van der Waals surface area contributed by atoms with Crippen LogP contribution in [0.25, 0.3) is 0 Å². The third-order valence-corrected chi connectivity index (χ3v) is 1.99. The van der Waals surface area contributed by atoms with Crippen molar-refractivity contribution in [3.63, 3.8) is 0 Å². The summed E-state index contributed by atoms with van der Waals surface area (Å²) in [5.41, 5.74) is 0. The van der Waals surface area contributed by atoms with E-state index < -0.39 is 12.6 Å². The van der Waals surface area contributed by atoms with E-state index in [9.17, 15) is 18.0 Å². The third kappa shape index (κ3) is 11.2. The van der Waals surface area contributed by atoms with Crippen molar-refractivity contribution >= 4 is 5.91 Å². The fraction of sp³-hybridized carbons (Fsp3) is 0.900. The second-order valence-corrected chi connectivity index (χ2v) is 3.53. The number of rotatable bonds is 7. The molecule has 0 rings (SSSR count). The molecule has 0 aromatic heterocycles. The van der Waals surface area contributed by atoms with Crippen LogP contribution in [0.4, 0.5) is 13.2 Å². The van der Waals surface area contributed by atoms with Gasteiger partial charge in [0.05, 0.1) is 6.42 Å². The maximum Gasteiger partial charge on any atom is 0.390 e. The molecule has 0 unspecified atom stereocenters. The van der Waals surface area contributed by atoms with Crippen LogP contribution in [0.2, 0.25) is 0 Å². The first-order valence-corrected chi connectivity index (χ1v) is 5.29. The van der Waals surface area contributed by atoms with Gasteiger partial charge in [-0.15, -0.1) is 0 Å². The summed E-state index contributed by atoms with van der Waals surface area (Å²) < 4.78 is 35.1. The average molecular weight is 225 g/mol. The SMILES string of the molecule is CCCCCCC(=O)NCCC(F)(F)F. The molecule has 0 saturated heterocycles. The Hall–Kier alpha value is -0.740.